The molecule has 0 aliphatic heterocycles. The summed E-state index contributed by atoms with van der Waals surface area (Å²) in [5.41, 5.74) is -0.663. The molecule has 4 rings (SSSR count). The van der Waals surface area contributed by atoms with Crippen LogP contribution in [0, 0.1) is 17.3 Å². The van der Waals surface area contributed by atoms with Gasteiger partial charge in [-0.05, 0) is 67.2 Å². The maximum absolute atomic E-state index is 16.7. The number of halogens is 2. The third-order valence-corrected chi connectivity index (χ3v) is 8.72. The number of allylic oxidation sites excluding steroid dienone is 4. The van der Waals surface area contributed by atoms with Crippen molar-refractivity contribution in [3.05, 3.63) is 54.1 Å². The number of benzene rings is 1. The van der Waals surface area contributed by atoms with Gasteiger partial charge in [-0.3, -0.25) is 0 Å². The first-order valence-corrected chi connectivity index (χ1v) is 12.9. The highest BCUT2D eigenvalue weighted by Crippen LogP contribution is 2.57. The van der Waals surface area contributed by atoms with Gasteiger partial charge in [-0.2, -0.15) is 0 Å². The van der Waals surface area contributed by atoms with Crippen molar-refractivity contribution in [1.29, 1.82) is 0 Å². The van der Waals surface area contributed by atoms with Crippen molar-refractivity contribution >= 4 is 5.57 Å². The van der Waals surface area contributed by atoms with Gasteiger partial charge in [0.15, 0.2) is 11.8 Å². The molecule has 0 bridgehead atoms. The van der Waals surface area contributed by atoms with Crippen molar-refractivity contribution in [2.45, 2.75) is 102 Å². The molecule has 0 spiro atoms. The first kappa shape index (κ1) is 22.7. The first-order valence-electron chi connectivity index (χ1n) is 12.9. The number of rotatable bonds is 7. The molecule has 2 saturated carbocycles. The molecule has 2 fully saturated rings. The van der Waals surface area contributed by atoms with E-state index in [-0.39, 0.29) is 0 Å². The average molecular weight is 427 g/mol. The second-order valence-corrected chi connectivity index (χ2v) is 10.5. The van der Waals surface area contributed by atoms with Crippen molar-refractivity contribution in [2.75, 3.05) is 0 Å². The standard InChI is InChI=1S/C29H40F2/c1-2-3-10-18-28(19-15-25(16-20-28)23-11-6-4-7-12-23)29(31)21-17-26(22-27(29)30)24-13-8-5-9-14-24/h5,8-9,13-14,17,21-23,25,27H,2-4,6-7,10-12,15-16,18-20H2,1H3. The van der Waals surface area contributed by atoms with E-state index in [9.17, 15) is 0 Å². The van der Waals surface area contributed by atoms with Crippen LogP contribution in [-0.4, -0.2) is 11.8 Å². The Morgan fingerprint density at radius 3 is 2.23 bits per heavy atom. The number of hydrogen-bond donors (Lipinski definition) is 0. The molecular weight excluding hydrogens is 386 g/mol. The monoisotopic (exact) mass is 426 g/mol. The molecule has 0 aromatic heterocycles. The van der Waals surface area contributed by atoms with Gasteiger partial charge in [0.2, 0.25) is 0 Å². The minimum absolute atomic E-state index is 0.554. The Labute approximate surface area is 188 Å². The fourth-order valence-corrected chi connectivity index (χ4v) is 6.74. The summed E-state index contributed by atoms with van der Waals surface area (Å²) in [5.74, 6) is 1.55. The lowest BCUT2D eigenvalue weighted by Gasteiger charge is -2.51. The Morgan fingerprint density at radius 2 is 1.58 bits per heavy atom. The van der Waals surface area contributed by atoms with Gasteiger partial charge in [-0.1, -0.05) is 94.7 Å². The normalized spacial score (nSPS) is 34.5. The summed E-state index contributed by atoms with van der Waals surface area (Å²) in [6.45, 7) is 2.19. The lowest BCUT2D eigenvalue weighted by Crippen LogP contribution is -2.52. The van der Waals surface area contributed by atoms with Crippen molar-refractivity contribution < 1.29 is 8.78 Å². The van der Waals surface area contributed by atoms with Crippen LogP contribution in [-0.2, 0) is 0 Å². The van der Waals surface area contributed by atoms with Crippen LogP contribution in [0.3, 0.4) is 0 Å². The molecule has 31 heavy (non-hydrogen) atoms. The lowest BCUT2D eigenvalue weighted by molar-refractivity contribution is -0.0630. The zero-order valence-electron chi connectivity index (χ0n) is 19.3. The van der Waals surface area contributed by atoms with Gasteiger partial charge >= 0.3 is 0 Å². The van der Waals surface area contributed by atoms with Gasteiger partial charge in [-0.25, -0.2) is 8.78 Å². The van der Waals surface area contributed by atoms with Crippen LogP contribution < -0.4 is 0 Å². The Hall–Kier alpha value is -1.44. The van der Waals surface area contributed by atoms with E-state index in [0.29, 0.717) is 0 Å². The fourth-order valence-electron chi connectivity index (χ4n) is 6.74. The third-order valence-electron chi connectivity index (χ3n) is 8.72. The van der Waals surface area contributed by atoms with E-state index in [1.54, 1.807) is 12.2 Å². The highest BCUT2D eigenvalue weighted by molar-refractivity contribution is 5.76. The average Bonchev–Trinajstić information content (AvgIpc) is 2.82. The minimum Gasteiger partial charge on any atom is -0.239 e. The Bertz CT molecular complexity index is 750. The third kappa shape index (κ3) is 4.69. The number of hydrogen-bond acceptors (Lipinski definition) is 0. The largest absolute Gasteiger partial charge is 0.239 e. The smallest absolute Gasteiger partial charge is 0.169 e. The van der Waals surface area contributed by atoms with E-state index in [4.69, 9.17) is 0 Å². The molecule has 170 valence electrons. The van der Waals surface area contributed by atoms with Gasteiger partial charge in [0.25, 0.3) is 0 Å². The van der Waals surface area contributed by atoms with E-state index in [1.165, 1.54) is 32.1 Å². The van der Waals surface area contributed by atoms with Crippen LogP contribution in [0.2, 0.25) is 0 Å². The predicted octanol–water partition coefficient (Wildman–Crippen LogP) is 9.02. The van der Waals surface area contributed by atoms with E-state index in [1.807, 2.05) is 36.4 Å². The van der Waals surface area contributed by atoms with E-state index < -0.39 is 17.3 Å². The van der Waals surface area contributed by atoms with Crippen LogP contribution >= 0.6 is 0 Å². The minimum atomic E-state index is -1.88. The highest BCUT2D eigenvalue weighted by Gasteiger charge is 2.56. The highest BCUT2D eigenvalue weighted by atomic mass is 19.2. The molecule has 0 nitrogen and oxygen atoms in total. The zero-order chi connectivity index (χ0) is 21.7. The molecule has 2 atom stereocenters. The van der Waals surface area contributed by atoms with E-state index >= 15 is 8.78 Å². The quantitative estimate of drug-likeness (QED) is 0.381. The Balaban J connectivity index is 1.53. The second-order valence-electron chi connectivity index (χ2n) is 10.5. The maximum Gasteiger partial charge on any atom is 0.169 e. The summed E-state index contributed by atoms with van der Waals surface area (Å²) in [5, 5.41) is 0. The van der Waals surface area contributed by atoms with Crippen molar-refractivity contribution in [3.8, 4) is 0 Å². The summed E-state index contributed by atoms with van der Waals surface area (Å²) in [6, 6.07) is 9.80. The van der Waals surface area contributed by atoms with E-state index in [2.05, 4.69) is 6.92 Å². The topological polar surface area (TPSA) is 0 Å². The molecular formula is C29H40F2. The molecule has 2 heteroatoms. The van der Waals surface area contributed by atoms with Crippen molar-refractivity contribution in [2.24, 2.45) is 17.3 Å². The SMILES string of the molecule is CCCCCC1(C2(F)C=CC(c3ccccc3)=CC2F)CCC(C2CCCCC2)CC1. The van der Waals surface area contributed by atoms with Crippen LogP contribution in [0.25, 0.3) is 5.57 Å². The molecule has 1 aromatic rings. The molecule has 0 radical (unpaired) electrons. The first-order chi connectivity index (χ1) is 15.1. The molecule has 0 amide bonds. The summed E-state index contributed by atoms with van der Waals surface area (Å²) in [4.78, 5) is 0. The van der Waals surface area contributed by atoms with Crippen molar-refractivity contribution in [1.82, 2.24) is 0 Å². The van der Waals surface area contributed by atoms with Gasteiger partial charge < -0.3 is 0 Å². The van der Waals surface area contributed by atoms with Crippen LogP contribution in [0.1, 0.15) is 96.0 Å². The summed E-state index contributed by atoms with van der Waals surface area (Å²) < 4.78 is 32.3. The van der Waals surface area contributed by atoms with Gasteiger partial charge in [-0.15, -0.1) is 0 Å². The number of alkyl halides is 2. The summed E-state index contributed by atoms with van der Waals surface area (Å²) in [7, 11) is 0. The van der Waals surface area contributed by atoms with Gasteiger partial charge in [0.05, 0.1) is 0 Å². The molecule has 1 aromatic carbocycles. The van der Waals surface area contributed by atoms with E-state index in [0.717, 1.165) is 74.3 Å². The van der Waals surface area contributed by atoms with Crippen LogP contribution in [0.5, 0.6) is 0 Å². The fraction of sp³-hybridized carbons (Fsp3) is 0.655. The molecule has 0 heterocycles. The Kier molecular flexibility index (Phi) is 7.34. The molecule has 0 N–H and O–H groups in total. The molecule has 3 aliphatic rings. The maximum atomic E-state index is 16.7. The summed E-state index contributed by atoms with van der Waals surface area (Å²) >= 11 is 0. The molecule has 0 saturated heterocycles. The molecule has 2 unspecified atom stereocenters. The van der Waals surface area contributed by atoms with Crippen LogP contribution in [0.4, 0.5) is 8.78 Å². The molecule has 3 aliphatic carbocycles. The lowest BCUT2D eigenvalue weighted by atomic mass is 9.56. The van der Waals surface area contributed by atoms with Crippen molar-refractivity contribution in [3.63, 3.8) is 0 Å². The Morgan fingerprint density at radius 1 is 0.903 bits per heavy atom. The summed E-state index contributed by atoms with van der Waals surface area (Å²) in [6.07, 6.45) is 18.1. The number of unbranched alkanes of at least 4 members (excludes halogenated alkanes) is 2. The predicted molar refractivity (Wildman–Crippen MR) is 127 cm³/mol. The van der Waals surface area contributed by atoms with Gasteiger partial charge in [0.1, 0.15) is 0 Å². The van der Waals surface area contributed by atoms with Gasteiger partial charge in [0, 0.05) is 5.41 Å². The van der Waals surface area contributed by atoms with Crippen LogP contribution in [0.15, 0.2) is 48.6 Å². The zero-order valence-corrected chi connectivity index (χ0v) is 19.3. The second kappa shape index (κ2) is 10.0.